The summed E-state index contributed by atoms with van der Waals surface area (Å²) in [6, 6.07) is 8.71. The highest BCUT2D eigenvalue weighted by Crippen LogP contribution is 2.20. The van der Waals surface area contributed by atoms with Crippen LogP contribution >= 0.6 is 0 Å². The number of hydrogen-bond acceptors (Lipinski definition) is 3. The van der Waals surface area contributed by atoms with Gasteiger partial charge in [0.1, 0.15) is 11.9 Å². The van der Waals surface area contributed by atoms with Crippen LogP contribution in [0.4, 0.5) is 0 Å². The van der Waals surface area contributed by atoms with Crippen LogP contribution in [0.2, 0.25) is 0 Å². The quantitative estimate of drug-likeness (QED) is 0.780. The van der Waals surface area contributed by atoms with E-state index in [9.17, 15) is 0 Å². The maximum absolute atomic E-state index is 5.91. The Morgan fingerprint density at radius 2 is 2.18 bits per heavy atom. The van der Waals surface area contributed by atoms with Crippen LogP contribution in [0, 0.1) is 6.92 Å². The fourth-order valence-corrected chi connectivity index (χ4v) is 2.13. The van der Waals surface area contributed by atoms with Crippen molar-refractivity contribution in [2.45, 2.75) is 26.0 Å². The number of likely N-dealkylation sites (tertiary alicyclic amines) is 1. The number of aryl methyl sites for hydroxylation is 1. The molecule has 1 aliphatic heterocycles. The number of ether oxygens (including phenoxy) is 2. The van der Waals surface area contributed by atoms with Gasteiger partial charge in [-0.05, 0) is 31.5 Å². The number of methoxy groups -OCH3 is 1. The maximum Gasteiger partial charge on any atom is 0.124 e. The predicted octanol–water partition coefficient (Wildman–Crippen LogP) is 2.09. The van der Waals surface area contributed by atoms with Gasteiger partial charge >= 0.3 is 0 Å². The molecule has 3 heteroatoms. The number of rotatable bonds is 5. The van der Waals surface area contributed by atoms with Crippen molar-refractivity contribution < 1.29 is 9.47 Å². The lowest BCUT2D eigenvalue weighted by atomic mass is 10.1. The molecular formula is C14H21NO2. The van der Waals surface area contributed by atoms with Gasteiger partial charge in [0.2, 0.25) is 0 Å². The van der Waals surface area contributed by atoms with E-state index in [-0.39, 0.29) is 0 Å². The van der Waals surface area contributed by atoms with Crippen molar-refractivity contribution in [2.24, 2.45) is 0 Å². The fraction of sp³-hybridized carbons (Fsp3) is 0.571. The third kappa shape index (κ3) is 3.20. The summed E-state index contributed by atoms with van der Waals surface area (Å²) in [4.78, 5) is 2.38. The molecule has 1 heterocycles. The average molecular weight is 235 g/mol. The molecule has 1 atom stereocenters. The first kappa shape index (κ1) is 12.4. The number of nitrogens with zero attached hydrogens (tertiary/aromatic N) is 1. The Kier molecular flexibility index (Phi) is 4.02. The summed E-state index contributed by atoms with van der Waals surface area (Å²) in [5.74, 6) is 0.981. The van der Waals surface area contributed by atoms with E-state index in [2.05, 4.69) is 30.9 Å². The molecule has 0 saturated carbocycles. The lowest BCUT2D eigenvalue weighted by molar-refractivity contribution is -0.0246. The summed E-state index contributed by atoms with van der Waals surface area (Å²) in [6.07, 6.45) is 0.330. The van der Waals surface area contributed by atoms with Gasteiger partial charge in [0.15, 0.2) is 0 Å². The molecule has 1 aromatic rings. The van der Waals surface area contributed by atoms with Crippen LogP contribution in [0.3, 0.4) is 0 Å². The van der Waals surface area contributed by atoms with Gasteiger partial charge < -0.3 is 9.47 Å². The second-order valence-corrected chi connectivity index (χ2v) is 4.81. The molecule has 94 valence electrons. The van der Waals surface area contributed by atoms with Crippen molar-refractivity contribution in [1.29, 1.82) is 0 Å². The van der Waals surface area contributed by atoms with Gasteiger partial charge in [-0.15, -0.1) is 0 Å². The highest BCUT2D eigenvalue weighted by molar-refractivity contribution is 5.27. The van der Waals surface area contributed by atoms with Gasteiger partial charge in [-0.3, -0.25) is 4.90 Å². The molecule has 0 spiro atoms. The van der Waals surface area contributed by atoms with E-state index >= 15 is 0 Å². The van der Waals surface area contributed by atoms with Gasteiger partial charge in [-0.1, -0.05) is 12.1 Å². The summed E-state index contributed by atoms with van der Waals surface area (Å²) in [5.41, 5.74) is 1.24. The molecule has 0 radical (unpaired) electrons. The topological polar surface area (TPSA) is 21.7 Å². The van der Waals surface area contributed by atoms with Gasteiger partial charge in [0.05, 0.1) is 6.61 Å². The third-order valence-electron chi connectivity index (χ3n) is 3.20. The van der Waals surface area contributed by atoms with Crippen molar-refractivity contribution in [1.82, 2.24) is 4.90 Å². The molecule has 1 saturated heterocycles. The van der Waals surface area contributed by atoms with Crippen molar-refractivity contribution in [3.63, 3.8) is 0 Å². The van der Waals surface area contributed by atoms with E-state index in [0.29, 0.717) is 12.1 Å². The maximum atomic E-state index is 5.91. The van der Waals surface area contributed by atoms with Crippen LogP contribution in [0.1, 0.15) is 12.5 Å². The van der Waals surface area contributed by atoms with Crippen LogP contribution in [0.5, 0.6) is 5.75 Å². The highest BCUT2D eigenvalue weighted by atomic mass is 16.5. The Labute approximate surface area is 103 Å². The largest absolute Gasteiger partial charge is 0.488 e. The predicted molar refractivity (Wildman–Crippen MR) is 68.5 cm³/mol. The lowest BCUT2D eigenvalue weighted by Crippen LogP contribution is -2.58. The molecule has 3 nitrogen and oxygen atoms in total. The molecule has 0 N–H and O–H groups in total. The Morgan fingerprint density at radius 1 is 1.41 bits per heavy atom. The summed E-state index contributed by atoms with van der Waals surface area (Å²) in [5, 5.41) is 0. The molecule has 1 unspecified atom stereocenters. The van der Waals surface area contributed by atoms with Crippen molar-refractivity contribution in [3.8, 4) is 5.75 Å². The summed E-state index contributed by atoms with van der Waals surface area (Å²) in [7, 11) is 1.75. The molecule has 0 bridgehead atoms. The van der Waals surface area contributed by atoms with E-state index in [1.54, 1.807) is 7.11 Å². The average Bonchev–Trinajstić information content (AvgIpc) is 2.23. The van der Waals surface area contributed by atoms with E-state index in [0.717, 1.165) is 25.4 Å². The number of hydrogen-bond donors (Lipinski definition) is 0. The molecule has 1 fully saturated rings. The van der Waals surface area contributed by atoms with Crippen molar-refractivity contribution in [3.05, 3.63) is 29.8 Å². The van der Waals surface area contributed by atoms with E-state index < -0.39 is 0 Å². The standard InChI is InChI=1S/C14H21NO2/c1-11-5-4-6-13(7-11)17-14-8-15(9-14)12(2)10-16-3/h4-7,12,14H,8-10H2,1-3H3. The summed E-state index contributed by atoms with van der Waals surface area (Å²) < 4.78 is 11.1. The van der Waals surface area contributed by atoms with Crippen molar-refractivity contribution in [2.75, 3.05) is 26.8 Å². The zero-order chi connectivity index (χ0) is 12.3. The molecular weight excluding hydrogens is 214 g/mol. The molecule has 1 aromatic carbocycles. The fourth-order valence-electron chi connectivity index (χ4n) is 2.13. The second kappa shape index (κ2) is 5.52. The lowest BCUT2D eigenvalue weighted by Gasteiger charge is -2.42. The summed E-state index contributed by atoms with van der Waals surface area (Å²) >= 11 is 0. The first-order valence-electron chi connectivity index (χ1n) is 6.15. The SMILES string of the molecule is COCC(C)N1CC(Oc2cccc(C)c2)C1. The Hall–Kier alpha value is -1.06. The molecule has 0 amide bonds. The van der Waals surface area contributed by atoms with E-state index in [4.69, 9.17) is 9.47 Å². The normalized spacial score (nSPS) is 18.8. The van der Waals surface area contributed by atoms with Gasteiger partial charge in [-0.25, -0.2) is 0 Å². The number of benzene rings is 1. The van der Waals surface area contributed by atoms with Crippen molar-refractivity contribution >= 4 is 0 Å². The van der Waals surface area contributed by atoms with E-state index in [1.807, 2.05) is 12.1 Å². The molecule has 0 aliphatic carbocycles. The first-order valence-corrected chi connectivity index (χ1v) is 6.15. The van der Waals surface area contributed by atoms with Crippen LogP contribution in [-0.2, 0) is 4.74 Å². The van der Waals surface area contributed by atoms with Crippen LogP contribution in [-0.4, -0.2) is 43.9 Å². The minimum absolute atomic E-state index is 0.330. The third-order valence-corrected chi connectivity index (χ3v) is 3.20. The van der Waals surface area contributed by atoms with Gasteiger partial charge in [0, 0.05) is 26.2 Å². The Morgan fingerprint density at radius 3 is 2.82 bits per heavy atom. The first-order chi connectivity index (χ1) is 8.19. The monoisotopic (exact) mass is 235 g/mol. The molecule has 17 heavy (non-hydrogen) atoms. The highest BCUT2D eigenvalue weighted by Gasteiger charge is 2.31. The second-order valence-electron chi connectivity index (χ2n) is 4.81. The minimum Gasteiger partial charge on any atom is -0.488 e. The van der Waals surface area contributed by atoms with Crippen LogP contribution < -0.4 is 4.74 Å². The van der Waals surface area contributed by atoms with Gasteiger partial charge in [0.25, 0.3) is 0 Å². The van der Waals surface area contributed by atoms with Crippen LogP contribution in [0.15, 0.2) is 24.3 Å². The smallest absolute Gasteiger partial charge is 0.124 e. The summed E-state index contributed by atoms with van der Waals surface area (Å²) in [6.45, 7) is 7.06. The van der Waals surface area contributed by atoms with Gasteiger partial charge in [-0.2, -0.15) is 0 Å². The van der Waals surface area contributed by atoms with E-state index in [1.165, 1.54) is 5.56 Å². The Balaban J connectivity index is 1.77. The Bertz CT molecular complexity index is 361. The zero-order valence-corrected chi connectivity index (χ0v) is 10.8. The van der Waals surface area contributed by atoms with Crippen LogP contribution in [0.25, 0.3) is 0 Å². The molecule has 1 aliphatic rings. The molecule has 0 aromatic heterocycles. The zero-order valence-electron chi connectivity index (χ0n) is 10.8. The molecule has 2 rings (SSSR count). The minimum atomic E-state index is 0.330.